The van der Waals surface area contributed by atoms with Crippen molar-refractivity contribution in [2.75, 3.05) is 13.2 Å². The topological polar surface area (TPSA) is 63.7 Å². The van der Waals surface area contributed by atoms with Crippen LogP contribution in [-0.2, 0) is 10.0 Å². The third-order valence-corrected chi connectivity index (χ3v) is 3.75. The summed E-state index contributed by atoms with van der Waals surface area (Å²) in [7, 11) is 0. The van der Waals surface area contributed by atoms with Crippen LogP contribution in [0.3, 0.4) is 0 Å². The molecule has 1 aliphatic rings. The number of carbonyl (C=O) groups is 1. The normalized spacial score (nSPS) is 23.9. The molecule has 0 bridgehead atoms. The second-order valence-corrected chi connectivity index (χ2v) is 6.40. The Bertz CT molecular complexity index is 274. The monoisotopic (exact) mass is 257 g/mol. The lowest BCUT2D eigenvalue weighted by atomic mass is 9.78. The zero-order valence-corrected chi connectivity index (χ0v) is 11.8. The average molecular weight is 257 g/mol. The molecular formula is C13H25N2O3. The number of piperidine rings is 1. The predicted molar refractivity (Wildman–Crippen MR) is 68.2 cm³/mol. The minimum Gasteiger partial charge on any atom is -0.396 e. The third-order valence-electron chi connectivity index (χ3n) is 3.75. The second kappa shape index (κ2) is 5.55. The van der Waals surface area contributed by atoms with Crippen LogP contribution < -0.4 is 0 Å². The van der Waals surface area contributed by atoms with Crippen molar-refractivity contribution in [3.05, 3.63) is 0 Å². The lowest BCUT2D eigenvalue weighted by molar-refractivity contribution is -0.293. The smallest absolute Gasteiger partial charge is 0.209 e. The van der Waals surface area contributed by atoms with E-state index in [1.807, 2.05) is 27.7 Å². The largest absolute Gasteiger partial charge is 0.396 e. The Balaban J connectivity index is 2.81. The van der Waals surface area contributed by atoms with Gasteiger partial charge in [-0.25, -0.2) is 0 Å². The molecule has 1 aliphatic heterocycles. The predicted octanol–water partition coefficient (Wildman–Crippen LogP) is 1.19. The molecule has 0 aliphatic carbocycles. The van der Waals surface area contributed by atoms with Gasteiger partial charge in [0.05, 0.1) is 0 Å². The van der Waals surface area contributed by atoms with Crippen molar-refractivity contribution in [1.82, 2.24) is 9.96 Å². The highest BCUT2D eigenvalue weighted by Crippen LogP contribution is 2.38. The number of aliphatic hydroxyl groups excluding tert-OH is 1. The average Bonchev–Trinajstić information content (AvgIpc) is 2.26. The summed E-state index contributed by atoms with van der Waals surface area (Å²) in [5, 5.41) is 22.2. The van der Waals surface area contributed by atoms with Crippen LogP contribution >= 0.6 is 0 Å². The van der Waals surface area contributed by atoms with E-state index >= 15 is 0 Å². The van der Waals surface area contributed by atoms with Gasteiger partial charge in [-0.3, -0.25) is 4.79 Å². The van der Waals surface area contributed by atoms with E-state index in [0.717, 1.165) is 11.5 Å². The molecule has 1 heterocycles. The van der Waals surface area contributed by atoms with Gasteiger partial charge in [0, 0.05) is 30.3 Å². The maximum Gasteiger partial charge on any atom is 0.209 e. The minimum absolute atomic E-state index is 0.0734. The Morgan fingerprint density at radius 1 is 1.28 bits per heavy atom. The lowest BCUT2D eigenvalue weighted by Crippen LogP contribution is -2.62. The maximum absolute atomic E-state index is 12.2. The van der Waals surface area contributed by atoms with Crippen molar-refractivity contribution in [3.8, 4) is 0 Å². The van der Waals surface area contributed by atoms with Crippen molar-refractivity contribution in [1.29, 1.82) is 0 Å². The number of hydroxylamine groups is 2. The van der Waals surface area contributed by atoms with E-state index < -0.39 is 11.1 Å². The number of amides is 1. The van der Waals surface area contributed by atoms with Crippen molar-refractivity contribution >= 4 is 6.41 Å². The van der Waals surface area contributed by atoms with Gasteiger partial charge in [0.25, 0.3) is 0 Å². The van der Waals surface area contributed by atoms with Gasteiger partial charge in [-0.1, -0.05) is 0 Å². The molecule has 1 saturated heterocycles. The number of nitrogens with zero attached hydrogens (tertiary/aromatic N) is 2. The van der Waals surface area contributed by atoms with E-state index in [9.17, 15) is 10.0 Å². The molecule has 5 heteroatoms. The van der Waals surface area contributed by atoms with Crippen LogP contribution in [0.15, 0.2) is 0 Å². The number of aliphatic hydroxyl groups is 1. The third kappa shape index (κ3) is 3.22. The summed E-state index contributed by atoms with van der Waals surface area (Å²) < 4.78 is 0. The summed E-state index contributed by atoms with van der Waals surface area (Å²) in [5.74, 6) is 0. The Morgan fingerprint density at radius 2 is 1.78 bits per heavy atom. The molecule has 0 aromatic rings. The maximum atomic E-state index is 12.2. The highest BCUT2D eigenvalue weighted by Gasteiger charge is 2.47. The Labute approximate surface area is 109 Å². The summed E-state index contributed by atoms with van der Waals surface area (Å²) >= 11 is 0. The fourth-order valence-electron chi connectivity index (χ4n) is 3.02. The molecule has 1 amide bonds. The van der Waals surface area contributed by atoms with Crippen molar-refractivity contribution < 1.29 is 15.1 Å². The van der Waals surface area contributed by atoms with Gasteiger partial charge in [0.1, 0.15) is 0 Å². The van der Waals surface area contributed by atoms with Crippen molar-refractivity contribution in [2.24, 2.45) is 0 Å². The molecule has 0 aromatic heterocycles. The van der Waals surface area contributed by atoms with Gasteiger partial charge in [0.2, 0.25) is 6.41 Å². The van der Waals surface area contributed by atoms with Gasteiger partial charge in [0.15, 0.2) is 0 Å². The molecule has 18 heavy (non-hydrogen) atoms. The number of hydrogen-bond acceptors (Lipinski definition) is 3. The number of rotatable bonds is 5. The second-order valence-electron chi connectivity index (χ2n) is 6.40. The van der Waals surface area contributed by atoms with Crippen LogP contribution in [0.2, 0.25) is 0 Å². The molecule has 0 atom stereocenters. The summed E-state index contributed by atoms with van der Waals surface area (Å²) in [4.78, 5) is 12.9. The molecule has 0 aromatic carbocycles. The van der Waals surface area contributed by atoms with Gasteiger partial charge < -0.3 is 10.0 Å². The quantitative estimate of drug-likeness (QED) is 0.753. The van der Waals surface area contributed by atoms with Crippen molar-refractivity contribution in [3.63, 3.8) is 0 Å². The Kier molecular flexibility index (Phi) is 4.75. The molecule has 0 unspecified atom stereocenters. The van der Waals surface area contributed by atoms with Crippen LogP contribution in [0, 0.1) is 0 Å². The summed E-state index contributed by atoms with van der Waals surface area (Å²) in [6.45, 7) is 8.31. The number of hydrogen-bond donors (Lipinski definition) is 1. The van der Waals surface area contributed by atoms with E-state index in [1.165, 1.54) is 0 Å². The first-order valence-electron chi connectivity index (χ1n) is 6.54. The van der Waals surface area contributed by atoms with Crippen LogP contribution in [-0.4, -0.2) is 51.8 Å². The van der Waals surface area contributed by atoms with E-state index in [4.69, 9.17) is 5.11 Å². The molecule has 1 fully saturated rings. The lowest BCUT2D eigenvalue weighted by Gasteiger charge is -2.51. The zero-order valence-electron chi connectivity index (χ0n) is 11.8. The van der Waals surface area contributed by atoms with Crippen LogP contribution in [0.1, 0.15) is 47.0 Å². The standard InChI is InChI=1S/C13H25N2O3/c1-12(2)8-11(9-13(3,4)15(12)18)14(10-17)6-5-7-16/h10-11,16H,5-9H2,1-4H3. The van der Waals surface area contributed by atoms with Crippen LogP contribution in [0.25, 0.3) is 0 Å². The van der Waals surface area contributed by atoms with Crippen LogP contribution in [0.5, 0.6) is 0 Å². The first-order valence-corrected chi connectivity index (χ1v) is 6.54. The Hall–Kier alpha value is -0.650. The minimum atomic E-state index is -0.465. The first kappa shape index (κ1) is 15.4. The Morgan fingerprint density at radius 3 is 2.17 bits per heavy atom. The highest BCUT2D eigenvalue weighted by atomic mass is 16.5. The van der Waals surface area contributed by atoms with E-state index in [0.29, 0.717) is 25.8 Å². The fourth-order valence-corrected chi connectivity index (χ4v) is 3.02. The van der Waals surface area contributed by atoms with E-state index in [-0.39, 0.29) is 12.6 Å². The number of carbonyl (C=O) groups excluding carboxylic acids is 1. The van der Waals surface area contributed by atoms with E-state index in [1.54, 1.807) is 4.90 Å². The summed E-state index contributed by atoms with van der Waals surface area (Å²) in [6.07, 6.45) is 2.76. The molecule has 5 nitrogen and oxygen atoms in total. The van der Waals surface area contributed by atoms with Crippen LogP contribution in [0.4, 0.5) is 0 Å². The highest BCUT2D eigenvalue weighted by molar-refractivity contribution is 5.48. The fraction of sp³-hybridized carbons (Fsp3) is 0.923. The summed E-state index contributed by atoms with van der Waals surface area (Å²) in [6, 6.07) is 0.0734. The van der Waals surface area contributed by atoms with Gasteiger partial charge in [-0.2, -0.15) is 0 Å². The molecule has 0 spiro atoms. The molecular weight excluding hydrogens is 232 g/mol. The SMILES string of the molecule is CC1(C)CC(N(C=O)CCCO)CC(C)(C)N1[O]. The van der Waals surface area contributed by atoms with Crippen molar-refractivity contribution in [2.45, 2.75) is 64.1 Å². The molecule has 1 radical (unpaired) electrons. The molecule has 0 saturated carbocycles. The van der Waals surface area contributed by atoms with E-state index in [2.05, 4.69) is 0 Å². The first-order chi connectivity index (χ1) is 8.24. The molecule has 1 N–H and O–H groups in total. The molecule has 1 rings (SSSR count). The van der Waals surface area contributed by atoms with Gasteiger partial charge in [-0.05, 0) is 47.0 Å². The van der Waals surface area contributed by atoms with Gasteiger partial charge >= 0.3 is 0 Å². The zero-order chi connectivity index (χ0) is 14.0. The molecule has 105 valence electrons. The summed E-state index contributed by atoms with van der Waals surface area (Å²) in [5.41, 5.74) is -0.931. The van der Waals surface area contributed by atoms with Gasteiger partial charge in [-0.15, -0.1) is 10.3 Å².